The van der Waals surface area contributed by atoms with Crippen molar-refractivity contribution in [3.8, 4) is 0 Å². The molecule has 3 aromatic rings. The molecule has 2 heterocycles. The van der Waals surface area contributed by atoms with Crippen molar-refractivity contribution < 1.29 is 33.3 Å². The molecule has 4 rings (SSSR count). The Hall–Kier alpha value is -4.51. The largest absolute Gasteiger partial charge is 0.467 e. The number of furan rings is 1. The third-order valence-corrected chi connectivity index (χ3v) is 5.50. The number of hydrogen-bond donors (Lipinski definition) is 1. The summed E-state index contributed by atoms with van der Waals surface area (Å²) >= 11 is 5.97. The second-order valence-corrected chi connectivity index (χ2v) is 7.90. The molecule has 0 radical (unpaired) electrons. The molecule has 1 unspecified atom stereocenters. The molecule has 0 saturated carbocycles. The van der Waals surface area contributed by atoms with Crippen LogP contribution in [-0.2, 0) is 16.1 Å². The van der Waals surface area contributed by atoms with Crippen LogP contribution in [-0.4, -0.2) is 39.6 Å². The van der Waals surface area contributed by atoms with Gasteiger partial charge in [0.2, 0.25) is 0 Å². The molecule has 0 bridgehead atoms. The van der Waals surface area contributed by atoms with E-state index in [-0.39, 0.29) is 39.6 Å². The normalized spacial score (nSPS) is 13.4. The number of benzene rings is 2. The molecular weight excluding hydrogens is 482 g/mol. The van der Waals surface area contributed by atoms with Gasteiger partial charge in [-0.2, -0.15) is 0 Å². The van der Waals surface area contributed by atoms with Crippen molar-refractivity contribution in [1.29, 1.82) is 0 Å². The van der Waals surface area contributed by atoms with Crippen LogP contribution in [0.2, 0.25) is 5.02 Å². The predicted octanol–water partition coefficient (Wildman–Crippen LogP) is 3.82. The number of carbonyl (C=O) groups is 4. The van der Waals surface area contributed by atoms with Crippen molar-refractivity contribution in [1.82, 2.24) is 4.90 Å². The summed E-state index contributed by atoms with van der Waals surface area (Å²) in [7, 11) is 0. The van der Waals surface area contributed by atoms with E-state index < -0.39 is 34.7 Å². The number of non-ortho nitro benzene ring substituents is 1. The SMILES string of the molecule is CC(OC(=O)c1ccc2c(c1)C(=O)N(Cc1ccco1)C2=O)C(=O)Nc1cc([N+](=O)[O-])ccc1Cl. The fourth-order valence-corrected chi connectivity index (χ4v) is 3.52. The Morgan fingerprint density at radius 1 is 1.14 bits per heavy atom. The number of ether oxygens (including phenoxy) is 1. The molecule has 3 amide bonds. The molecule has 2 aromatic carbocycles. The number of nitrogens with one attached hydrogen (secondary N) is 1. The Morgan fingerprint density at radius 3 is 2.57 bits per heavy atom. The Labute approximate surface area is 202 Å². The first-order valence-electron chi connectivity index (χ1n) is 10.1. The maximum absolute atomic E-state index is 12.7. The van der Waals surface area contributed by atoms with Crippen molar-refractivity contribution >= 4 is 46.7 Å². The number of esters is 1. The summed E-state index contributed by atoms with van der Waals surface area (Å²) in [5, 5.41) is 13.4. The lowest BCUT2D eigenvalue weighted by molar-refractivity contribution is -0.384. The molecule has 0 fully saturated rings. The van der Waals surface area contributed by atoms with Crippen LogP contribution in [0.5, 0.6) is 0 Å². The van der Waals surface area contributed by atoms with E-state index in [9.17, 15) is 29.3 Å². The van der Waals surface area contributed by atoms with Gasteiger partial charge in [0.1, 0.15) is 5.76 Å². The summed E-state index contributed by atoms with van der Waals surface area (Å²) in [6.07, 6.45) is 0.116. The summed E-state index contributed by atoms with van der Waals surface area (Å²) < 4.78 is 10.4. The standard InChI is InChI=1S/C23H16ClN3O8/c1-12(20(28)25-19-10-14(27(32)33)5-7-18(19)24)35-23(31)13-4-6-16-17(9-13)22(30)26(21(16)29)11-15-3-2-8-34-15/h2-10,12H,11H2,1H3,(H,25,28). The highest BCUT2D eigenvalue weighted by atomic mass is 35.5. The topological polar surface area (TPSA) is 149 Å². The zero-order valence-corrected chi connectivity index (χ0v) is 18.8. The number of rotatable bonds is 7. The average Bonchev–Trinajstić information content (AvgIpc) is 3.43. The van der Waals surface area contributed by atoms with Crippen LogP contribution in [0.4, 0.5) is 11.4 Å². The summed E-state index contributed by atoms with van der Waals surface area (Å²) in [5.41, 5.74) is -0.196. The number of nitro benzene ring substituents is 1. The number of amides is 3. The Kier molecular flexibility index (Phi) is 6.34. The average molecular weight is 498 g/mol. The second-order valence-electron chi connectivity index (χ2n) is 7.49. The lowest BCUT2D eigenvalue weighted by Gasteiger charge is -2.14. The summed E-state index contributed by atoms with van der Waals surface area (Å²) in [6, 6.07) is 10.6. The molecule has 0 spiro atoms. The van der Waals surface area contributed by atoms with Gasteiger partial charge >= 0.3 is 5.97 Å². The van der Waals surface area contributed by atoms with Gasteiger partial charge in [0, 0.05) is 12.1 Å². The van der Waals surface area contributed by atoms with E-state index in [2.05, 4.69) is 5.32 Å². The Morgan fingerprint density at radius 2 is 1.89 bits per heavy atom. The van der Waals surface area contributed by atoms with Gasteiger partial charge in [-0.25, -0.2) is 4.79 Å². The number of anilines is 1. The highest BCUT2D eigenvalue weighted by Gasteiger charge is 2.36. The molecule has 1 N–H and O–H groups in total. The van der Waals surface area contributed by atoms with Gasteiger partial charge in [0.05, 0.1) is 45.1 Å². The molecular formula is C23H16ClN3O8. The first-order chi connectivity index (χ1) is 16.7. The fraction of sp³-hybridized carbons (Fsp3) is 0.130. The van der Waals surface area contributed by atoms with Crippen molar-refractivity contribution in [3.63, 3.8) is 0 Å². The van der Waals surface area contributed by atoms with E-state index in [1.165, 1.54) is 43.5 Å². The minimum Gasteiger partial charge on any atom is -0.467 e. The maximum atomic E-state index is 12.7. The van der Waals surface area contributed by atoms with Crippen LogP contribution in [0.3, 0.4) is 0 Å². The minimum atomic E-state index is -1.31. The molecule has 0 aliphatic carbocycles. The van der Waals surface area contributed by atoms with Gasteiger partial charge in [-0.15, -0.1) is 0 Å². The number of nitrogens with zero attached hydrogens (tertiary/aromatic N) is 2. The molecule has 12 heteroatoms. The minimum absolute atomic E-state index is 0.0212. The molecule has 35 heavy (non-hydrogen) atoms. The summed E-state index contributed by atoms with van der Waals surface area (Å²) in [5.74, 6) is -2.39. The molecule has 1 atom stereocenters. The van der Waals surface area contributed by atoms with E-state index >= 15 is 0 Å². The highest BCUT2D eigenvalue weighted by Crippen LogP contribution is 2.28. The van der Waals surface area contributed by atoms with Crippen molar-refractivity contribution in [3.05, 3.63) is 92.4 Å². The molecule has 1 aliphatic heterocycles. The van der Waals surface area contributed by atoms with Gasteiger partial charge in [-0.3, -0.25) is 29.4 Å². The zero-order valence-electron chi connectivity index (χ0n) is 18.0. The van der Waals surface area contributed by atoms with Gasteiger partial charge < -0.3 is 14.5 Å². The van der Waals surface area contributed by atoms with Gasteiger partial charge in [-0.05, 0) is 43.3 Å². The van der Waals surface area contributed by atoms with Crippen LogP contribution < -0.4 is 5.32 Å². The third kappa shape index (κ3) is 4.75. The maximum Gasteiger partial charge on any atom is 0.338 e. The second kappa shape index (κ2) is 9.39. The third-order valence-electron chi connectivity index (χ3n) is 5.17. The Balaban J connectivity index is 1.45. The van der Waals surface area contributed by atoms with Crippen molar-refractivity contribution in [2.45, 2.75) is 19.6 Å². The number of carbonyl (C=O) groups excluding carboxylic acids is 4. The molecule has 11 nitrogen and oxygen atoms in total. The van der Waals surface area contributed by atoms with E-state index in [0.717, 1.165) is 11.0 Å². The number of hydrogen-bond acceptors (Lipinski definition) is 8. The van der Waals surface area contributed by atoms with Crippen molar-refractivity contribution in [2.75, 3.05) is 5.32 Å². The van der Waals surface area contributed by atoms with E-state index in [1.54, 1.807) is 12.1 Å². The predicted molar refractivity (Wildman–Crippen MR) is 121 cm³/mol. The van der Waals surface area contributed by atoms with Gasteiger partial charge in [0.25, 0.3) is 23.4 Å². The van der Waals surface area contributed by atoms with Crippen LogP contribution in [0.1, 0.15) is 43.8 Å². The summed E-state index contributed by atoms with van der Waals surface area (Å²) in [6.45, 7) is 1.24. The lowest BCUT2D eigenvalue weighted by Crippen LogP contribution is -2.30. The monoisotopic (exact) mass is 497 g/mol. The van der Waals surface area contributed by atoms with Gasteiger partial charge in [-0.1, -0.05) is 11.6 Å². The number of fused-ring (bicyclic) bond motifs is 1. The van der Waals surface area contributed by atoms with Crippen LogP contribution in [0, 0.1) is 10.1 Å². The lowest BCUT2D eigenvalue weighted by atomic mass is 10.1. The van der Waals surface area contributed by atoms with Gasteiger partial charge in [0.15, 0.2) is 6.10 Å². The molecule has 1 aromatic heterocycles. The molecule has 178 valence electrons. The van der Waals surface area contributed by atoms with Crippen LogP contribution >= 0.6 is 11.6 Å². The van der Waals surface area contributed by atoms with Crippen LogP contribution in [0.15, 0.2) is 59.2 Å². The smallest absolute Gasteiger partial charge is 0.338 e. The number of imide groups is 1. The summed E-state index contributed by atoms with van der Waals surface area (Å²) in [4.78, 5) is 61.7. The molecule has 1 aliphatic rings. The zero-order chi connectivity index (χ0) is 25.3. The number of nitro groups is 1. The van der Waals surface area contributed by atoms with Crippen LogP contribution in [0.25, 0.3) is 0 Å². The molecule has 0 saturated heterocycles. The quantitative estimate of drug-likeness (QED) is 0.224. The van der Waals surface area contributed by atoms with E-state index in [0.29, 0.717) is 5.76 Å². The van der Waals surface area contributed by atoms with Crippen molar-refractivity contribution in [2.24, 2.45) is 0 Å². The number of halogens is 1. The Bertz CT molecular complexity index is 1370. The first-order valence-corrected chi connectivity index (χ1v) is 10.5. The first kappa shape index (κ1) is 23.6. The highest BCUT2D eigenvalue weighted by molar-refractivity contribution is 6.33. The van der Waals surface area contributed by atoms with E-state index in [4.69, 9.17) is 20.8 Å². The van der Waals surface area contributed by atoms with E-state index in [1.807, 2.05) is 0 Å². The fourth-order valence-electron chi connectivity index (χ4n) is 3.36.